The van der Waals surface area contributed by atoms with Crippen molar-refractivity contribution in [3.8, 4) is 17.2 Å². The molecule has 2 aromatic carbocycles. The fraction of sp³-hybridized carbons (Fsp3) is 0.217. The van der Waals surface area contributed by atoms with Crippen molar-refractivity contribution in [3.63, 3.8) is 0 Å². The quantitative estimate of drug-likeness (QED) is 0.703. The van der Waals surface area contributed by atoms with Gasteiger partial charge in [0, 0.05) is 0 Å². The zero-order valence-corrected chi connectivity index (χ0v) is 17.7. The Morgan fingerprint density at radius 2 is 1.62 bits per heavy atom. The van der Waals surface area contributed by atoms with Crippen molar-refractivity contribution in [2.45, 2.75) is 19.8 Å². The maximum Gasteiger partial charge on any atom is 0.258 e. The number of allylic oxidation sites excluding steroid dienone is 1. The molecule has 2 N–H and O–H groups in total. The molecule has 1 aliphatic rings. The van der Waals surface area contributed by atoms with Gasteiger partial charge in [0.25, 0.3) is 5.91 Å². The molecular formula is C23H25N2O3S+. The van der Waals surface area contributed by atoms with E-state index < -0.39 is 5.91 Å². The third-order valence-electron chi connectivity index (χ3n) is 4.60. The summed E-state index contributed by atoms with van der Waals surface area (Å²) in [5.74, 6) is 2.12. The van der Waals surface area contributed by atoms with Crippen molar-refractivity contribution in [2.24, 2.45) is 5.73 Å². The molecule has 6 heteroatoms. The fourth-order valence-corrected chi connectivity index (χ4v) is 3.68. The molecule has 0 aromatic heterocycles. The smallest absolute Gasteiger partial charge is 0.258 e. The summed E-state index contributed by atoms with van der Waals surface area (Å²) in [4.78, 5) is 12.1. The molecule has 0 saturated carbocycles. The van der Waals surface area contributed by atoms with Crippen molar-refractivity contribution in [1.82, 2.24) is 0 Å². The topological polar surface area (TPSA) is 64.6 Å². The summed E-state index contributed by atoms with van der Waals surface area (Å²) in [6.07, 6.45) is 5.24. The first-order valence-corrected chi connectivity index (χ1v) is 10.6. The molecule has 150 valence electrons. The first-order valence-electron chi connectivity index (χ1n) is 9.39. The average Bonchev–Trinajstić information content (AvgIpc) is 2.86. The Morgan fingerprint density at radius 1 is 1.03 bits per heavy atom. The zero-order valence-electron chi connectivity index (χ0n) is 16.8. The lowest BCUT2D eigenvalue weighted by Gasteiger charge is -2.14. The van der Waals surface area contributed by atoms with Crippen LogP contribution < -0.4 is 15.2 Å². The van der Waals surface area contributed by atoms with Crippen LogP contribution in [0, 0.1) is 0 Å². The predicted octanol–water partition coefficient (Wildman–Crippen LogP) is 4.70. The first-order chi connectivity index (χ1) is 14.0. The van der Waals surface area contributed by atoms with Crippen LogP contribution >= 0.6 is 11.8 Å². The van der Waals surface area contributed by atoms with Gasteiger partial charge in [-0.1, -0.05) is 36.9 Å². The van der Waals surface area contributed by atoms with Crippen LogP contribution in [0.25, 0.3) is 0 Å². The lowest BCUT2D eigenvalue weighted by Crippen LogP contribution is -2.20. The number of para-hydroxylation sites is 1. The number of thioether (sulfide) groups is 1. The van der Waals surface area contributed by atoms with Gasteiger partial charge in [0.1, 0.15) is 35.6 Å². The van der Waals surface area contributed by atoms with Crippen LogP contribution in [0.3, 0.4) is 0 Å². The number of ether oxygens (including phenoxy) is 2. The minimum absolute atomic E-state index is 0.373. The van der Waals surface area contributed by atoms with Gasteiger partial charge < -0.3 is 15.2 Å². The standard InChI is InChI=1S/C23H24N2O3S/c1-4-16-14-21(29-3)25(2)15-20(23(24)26)22(16)28-19-12-10-18(11-13-19)27-17-8-6-5-7-9-17/h5-13,15H,4,14H2,1-3H3,(H-,24,26)/p+1. The van der Waals surface area contributed by atoms with Crippen LogP contribution in [0.15, 0.2) is 77.7 Å². The Balaban J connectivity index is 1.87. The van der Waals surface area contributed by atoms with E-state index in [2.05, 4.69) is 6.92 Å². The average molecular weight is 410 g/mol. The number of carbonyl (C=O) groups excluding carboxylic acids is 1. The second-order valence-electron chi connectivity index (χ2n) is 6.57. The molecule has 0 bridgehead atoms. The lowest BCUT2D eigenvalue weighted by molar-refractivity contribution is -0.420. The highest BCUT2D eigenvalue weighted by Gasteiger charge is 2.27. The number of nitrogens with zero attached hydrogens (tertiary/aromatic N) is 1. The number of hydrogen-bond acceptors (Lipinski definition) is 4. The van der Waals surface area contributed by atoms with Crippen molar-refractivity contribution < 1.29 is 18.8 Å². The molecule has 0 fully saturated rings. The highest BCUT2D eigenvalue weighted by Crippen LogP contribution is 2.30. The van der Waals surface area contributed by atoms with Crippen molar-refractivity contribution >= 4 is 22.7 Å². The van der Waals surface area contributed by atoms with Crippen molar-refractivity contribution in [1.29, 1.82) is 0 Å². The van der Waals surface area contributed by atoms with E-state index in [4.69, 9.17) is 15.2 Å². The Morgan fingerprint density at radius 3 is 2.17 bits per heavy atom. The second kappa shape index (κ2) is 9.47. The summed E-state index contributed by atoms with van der Waals surface area (Å²) in [7, 11) is 1.92. The van der Waals surface area contributed by atoms with Crippen LogP contribution in [0.4, 0.5) is 0 Å². The van der Waals surface area contributed by atoms with Crippen molar-refractivity contribution in [3.05, 3.63) is 77.7 Å². The van der Waals surface area contributed by atoms with Crippen LogP contribution in [-0.2, 0) is 4.79 Å². The number of nitrogens with two attached hydrogens (primary N) is 1. The Labute approximate surface area is 175 Å². The maximum atomic E-state index is 12.1. The SMILES string of the molecule is CCC1=C(Oc2ccc(Oc3ccccc3)cc2)C(C(N)=O)=C[N+](C)=C(SC)C1. The number of hydrogen-bond donors (Lipinski definition) is 1. The molecule has 3 rings (SSSR count). The summed E-state index contributed by atoms with van der Waals surface area (Å²) in [5, 5.41) is 1.13. The largest absolute Gasteiger partial charge is 0.457 e. The van der Waals surface area contributed by atoms with E-state index in [1.165, 1.54) is 0 Å². The highest BCUT2D eigenvalue weighted by molar-refractivity contribution is 8.13. The monoisotopic (exact) mass is 409 g/mol. The molecule has 2 aromatic rings. The lowest BCUT2D eigenvalue weighted by atomic mass is 10.0. The summed E-state index contributed by atoms with van der Waals surface area (Å²) in [6, 6.07) is 16.9. The third-order valence-corrected chi connectivity index (χ3v) is 5.50. The first kappa shape index (κ1) is 20.7. The van der Waals surface area contributed by atoms with Crippen LogP contribution in [-0.4, -0.2) is 28.8 Å². The predicted molar refractivity (Wildman–Crippen MR) is 118 cm³/mol. The Bertz CT molecular complexity index is 977. The van der Waals surface area contributed by atoms with E-state index in [0.29, 0.717) is 29.3 Å². The van der Waals surface area contributed by atoms with Gasteiger partial charge >= 0.3 is 0 Å². The maximum absolute atomic E-state index is 12.1. The number of amides is 1. The van der Waals surface area contributed by atoms with Crippen LogP contribution in [0.2, 0.25) is 0 Å². The molecule has 0 saturated heterocycles. The van der Waals surface area contributed by atoms with Gasteiger partial charge in [0.2, 0.25) is 5.04 Å². The van der Waals surface area contributed by atoms with E-state index in [9.17, 15) is 4.79 Å². The number of primary amides is 1. The molecular weight excluding hydrogens is 384 g/mol. The minimum Gasteiger partial charge on any atom is -0.457 e. The molecule has 1 aliphatic heterocycles. The molecule has 1 amide bonds. The number of rotatable bonds is 6. The minimum atomic E-state index is -0.510. The molecule has 0 unspecified atom stereocenters. The van der Waals surface area contributed by atoms with E-state index in [1.807, 2.05) is 72.5 Å². The van der Waals surface area contributed by atoms with Gasteiger partial charge in [-0.25, -0.2) is 0 Å². The zero-order chi connectivity index (χ0) is 20.8. The Kier molecular flexibility index (Phi) is 6.77. The van der Waals surface area contributed by atoms with Gasteiger partial charge in [-0.15, -0.1) is 0 Å². The second-order valence-corrected chi connectivity index (χ2v) is 7.45. The molecule has 1 heterocycles. The molecule has 0 atom stereocenters. The van der Waals surface area contributed by atoms with Gasteiger partial charge in [0.05, 0.1) is 6.42 Å². The molecule has 0 radical (unpaired) electrons. The fourth-order valence-electron chi connectivity index (χ4n) is 3.02. The van der Waals surface area contributed by atoms with Gasteiger partial charge in [-0.3, -0.25) is 4.79 Å². The normalized spacial score (nSPS) is 14.4. The van der Waals surface area contributed by atoms with E-state index in [-0.39, 0.29) is 0 Å². The highest BCUT2D eigenvalue weighted by atomic mass is 32.2. The third kappa shape index (κ3) is 5.09. The molecule has 0 spiro atoms. The summed E-state index contributed by atoms with van der Waals surface area (Å²) in [6.45, 7) is 2.05. The number of benzene rings is 2. The van der Waals surface area contributed by atoms with Gasteiger partial charge in [0.15, 0.2) is 6.20 Å². The van der Waals surface area contributed by atoms with Gasteiger partial charge in [-0.2, -0.15) is 4.58 Å². The summed E-state index contributed by atoms with van der Waals surface area (Å²) in [5.41, 5.74) is 7.08. The molecule has 0 aliphatic carbocycles. The summed E-state index contributed by atoms with van der Waals surface area (Å²) >= 11 is 1.65. The number of carbonyl (C=O) groups is 1. The van der Waals surface area contributed by atoms with E-state index >= 15 is 0 Å². The summed E-state index contributed by atoms with van der Waals surface area (Å²) < 4.78 is 13.9. The molecule has 5 nitrogen and oxygen atoms in total. The molecule has 29 heavy (non-hydrogen) atoms. The Hall–Kier alpha value is -2.99. The van der Waals surface area contributed by atoms with E-state index in [1.54, 1.807) is 18.0 Å². The van der Waals surface area contributed by atoms with Crippen LogP contribution in [0.1, 0.15) is 19.8 Å². The van der Waals surface area contributed by atoms with Crippen LogP contribution in [0.5, 0.6) is 17.2 Å². The van der Waals surface area contributed by atoms with Crippen molar-refractivity contribution in [2.75, 3.05) is 13.3 Å². The van der Waals surface area contributed by atoms with E-state index in [0.717, 1.165) is 22.8 Å². The van der Waals surface area contributed by atoms with Gasteiger partial charge in [-0.05, 0) is 54.6 Å².